The highest BCUT2D eigenvalue weighted by molar-refractivity contribution is 5.46. The van der Waals surface area contributed by atoms with Gasteiger partial charge in [0.2, 0.25) is 0 Å². The Balaban J connectivity index is 2.02. The molecule has 1 aliphatic rings. The molecule has 0 aliphatic carbocycles. The van der Waals surface area contributed by atoms with E-state index in [0.29, 0.717) is 17.7 Å². The molecule has 1 unspecified atom stereocenters. The van der Waals surface area contributed by atoms with Crippen molar-refractivity contribution in [2.45, 2.75) is 18.9 Å². The van der Waals surface area contributed by atoms with Crippen LogP contribution in [0.25, 0.3) is 0 Å². The summed E-state index contributed by atoms with van der Waals surface area (Å²) in [7, 11) is 0. The molecule has 1 aromatic carbocycles. The fraction of sp³-hybridized carbons (Fsp3) is 0.267. The highest BCUT2D eigenvalue weighted by atomic mass is 19.1. The molecule has 0 amide bonds. The second-order valence-corrected chi connectivity index (χ2v) is 4.63. The molecular weight excluding hydrogens is 245 g/mol. The lowest BCUT2D eigenvalue weighted by molar-refractivity contribution is 0.206. The lowest BCUT2D eigenvalue weighted by Crippen LogP contribution is -2.12. The molecular formula is C15H14FNO2. The normalized spacial score (nSPS) is 15.5. The largest absolute Gasteiger partial charge is 0.493 e. The average molecular weight is 259 g/mol. The molecule has 0 bridgehead atoms. The van der Waals surface area contributed by atoms with Crippen molar-refractivity contribution >= 4 is 0 Å². The van der Waals surface area contributed by atoms with Crippen LogP contribution in [0.5, 0.6) is 5.75 Å². The van der Waals surface area contributed by atoms with E-state index in [0.717, 1.165) is 30.4 Å². The summed E-state index contributed by atoms with van der Waals surface area (Å²) in [4.78, 5) is 3.77. The smallest absolute Gasteiger partial charge is 0.141 e. The minimum absolute atomic E-state index is 0.433. The minimum atomic E-state index is -0.920. The molecule has 98 valence electrons. The summed E-state index contributed by atoms with van der Waals surface area (Å²) in [5, 5.41) is 10.4. The van der Waals surface area contributed by atoms with Gasteiger partial charge in [0.1, 0.15) is 17.7 Å². The van der Waals surface area contributed by atoms with Gasteiger partial charge in [-0.1, -0.05) is 18.2 Å². The lowest BCUT2D eigenvalue weighted by atomic mass is 9.96. The Bertz CT molecular complexity index is 600. The third-order valence-electron chi connectivity index (χ3n) is 3.30. The van der Waals surface area contributed by atoms with Gasteiger partial charge in [0.15, 0.2) is 0 Å². The Morgan fingerprint density at radius 2 is 2.21 bits per heavy atom. The Labute approximate surface area is 110 Å². The van der Waals surface area contributed by atoms with Crippen molar-refractivity contribution in [3.05, 3.63) is 59.2 Å². The number of halogens is 1. The van der Waals surface area contributed by atoms with E-state index in [1.54, 1.807) is 6.07 Å². The Kier molecular flexibility index (Phi) is 3.17. The predicted octanol–water partition coefficient (Wildman–Crippen LogP) is 2.63. The number of ether oxygens (including phenoxy) is 1. The standard InChI is InChI=1S/C15H14FNO2/c16-12-7-11(8-17-9-12)14(18)13-5-1-3-10-4-2-6-19-15(10)13/h1,3,5,7-9,14,18H,2,4,6H2. The number of aromatic nitrogens is 1. The molecule has 2 heterocycles. The van der Waals surface area contributed by atoms with Crippen LogP contribution in [-0.4, -0.2) is 16.7 Å². The Morgan fingerprint density at radius 3 is 3.05 bits per heavy atom. The number of fused-ring (bicyclic) bond motifs is 1. The first-order valence-electron chi connectivity index (χ1n) is 6.29. The van der Waals surface area contributed by atoms with Crippen LogP contribution in [-0.2, 0) is 6.42 Å². The maximum absolute atomic E-state index is 13.2. The molecule has 0 fully saturated rings. The van der Waals surface area contributed by atoms with E-state index in [2.05, 4.69) is 4.98 Å². The second kappa shape index (κ2) is 4.97. The van der Waals surface area contributed by atoms with Gasteiger partial charge in [0.05, 0.1) is 12.8 Å². The lowest BCUT2D eigenvalue weighted by Gasteiger charge is -2.22. The molecule has 0 saturated heterocycles. The van der Waals surface area contributed by atoms with Crippen LogP contribution in [0.15, 0.2) is 36.7 Å². The summed E-state index contributed by atoms with van der Waals surface area (Å²) >= 11 is 0. The third-order valence-corrected chi connectivity index (χ3v) is 3.30. The van der Waals surface area contributed by atoms with E-state index in [-0.39, 0.29) is 0 Å². The Hall–Kier alpha value is -1.94. The van der Waals surface area contributed by atoms with E-state index in [1.807, 2.05) is 12.1 Å². The summed E-state index contributed by atoms with van der Waals surface area (Å²) in [6.07, 6.45) is 3.59. The molecule has 0 spiro atoms. The maximum atomic E-state index is 13.2. The number of hydrogen-bond donors (Lipinski definition) is 1. The van der Waals surface area contributed by atoms with Crippen molar-refractivity contribution < 1.29 is 14.2 Å². The van der Waals surface area contributed by atoms with Crippen molar-refractivity contribution in [3.63, 3.8) is 0 Å². The molecule has 0 radical (unpaired) electrons. The maximum Gasteiger partial charge on any atom is 0.141 e. The first-order valence-corrected chi connectivity index (χ1v) is 6.29. The number of pyridine rings is 1. The van der Waals surface area contributed by atoms with Crippen LogP contribution in [0, 0.1) is 5.82 Å². The van der Waals surface area contributed by atoms with Crippen LogP contribution in [0.2, 0.25) is 0 Å². The average Bonchev–Trinajstić information content (AvgIpc) is 2.46. The fourth-order valence-corrected chi connectivity index (χ4v) is 2.39. The fourth-order valence-electron chi connectivity index (χ4n) is 2.39. The van der Waals surface area contributed by atoms with Crippen LogP contribution >= 0.6 is 0 Å². The third kappa shape index (κ3) is 2.31. The van der Waals surface area contributed by atoms with Gasteiger partial charge in [-0.2, -0.15) is 0 Å². The van der Waals surface area contributed by atoms with Crippen LogP contribution in [0.4, 0.5) is 4.39 Å². The molecule has 4 heteroatoms. The molecule has 19 heavy (non-hydrogen) atoms. The highest BCUT2D eigenvalue weighted by Gasteiger charge is 2.21. The predicted molar refractivity (Wildman–Crippen MR) is 68.5 cm³/mol. The molecule has 3 rings (SSSR count). The topological polar surface area (TPSA) is 42.4 Å². The van der Waals surface area contributed by atoms with Crippen molar-refractivity contribution in [2.24, 2.45) is 0 Å². The van der Waals surface area contributed by atoms with E-state index < -0.39 is 11.9 Å². The number of aryl methyl sites for hydroxylation is 1. The van der Waals surface area contributed by atoms with Gasteiger partial charge in [-0.3, -0.25) is 4.98 Å². The molecule has 1 N–H and O–H groups in total. The van der Waals surface area contributed by atoms with Gasteiger partial charge < -0.3 is 9.84 Å². The number of hydrogen-bond acceptors (Lipinski definition) is 3. The Morgan fingerprint density at radius 1 is 1.32 bits per heavy atom. The van der Waals surface area contributed by atoms with E-state index in [9.17, 15) is 9.50 Å². The minimum Gasteiger partial charge on any atom is -0.493 e. The number of para-hydroxylation sites is 1. The molecule has 1 aromatic heterocycles. The number of aliphatic hydroxyl groups is 1. The highest BCUT2D eigenvalue weighted by Crippen LogP contribution is 2.35. The summed E-state index contributed by atoms with van der Waals surface area (Å²) < 4.78 is 18.8. The van der Waals surface area contributed by atoms with Crippen molar-refractivity contribution in [2.75, 3.05) is 6.61 Å². The zero-order valence-electron chi connectivity index (χ0n) is 10.3. The van der Waals surface area contributed by atoms with Crippen molar-refractivity contribution in [1.29, 1.82) is 0 Å². The first-order chi connectivity index (χ1) is 9.25. The van der Waals surface area contributed by atoms with Crippen LogP contribution < -0.4 is 4.74 Å². The summed E-state index contributed by atoms with van der Waals surface area (Å²) in [5.41, 5.74) is 2.19. The first kappa shape index (κ1) is 12.1. The van der Waals surface area contributed by atoms with Gasteiger partial charge in [0.25, 0.3) is 0 Å². The zero-order valence-corrected chi connectivity index (χ0v) is 10.3. The monoisotopic (exact) mass is 259 g/mol. The quantitative estimate of drug-likeness (QED) is 0.901. The number of rotatable bonds is 2. The van der Waals surface area contributed by atoms with Gasteiger partial charge in [0, 0.05) is 17.3 Å². The number of nitrogens with zero attached hydrogens (tertiary/aromatic N) is 1. The SMILES string of the molecule is OC(c1cncc(F)c1)c1cccc2c1OCCC2. The van der Waals surface area contributed by atoms with Gasteiger partial charge in [-0.25, -0.2) is 4.39 Å². The zero-order chi connectivity index (χ0) is 13.2. The van der Waals surface area contributed by atoms with Gasteiger partial charge in [-0.15, -0.1) is 0 Å². The molecule has 2 aromatic rings. The van der Waals surface area contributed by atoms with E-state index in [1.165, 1.54) is 12.3 Å². The van der Waals surface area contributed by atoms with Crippen molar-refractivity contribution in [1.82, 2.24) is 4.98 Å². The molecule has 1 aliphatic heterocycles. The van der Waals surface area contributed by atoms with Gasteiger partial charge >= 0.3 is 0 Å². The molecule has 3 nitrogen and oxygen atoms in total. The van der Waals surface area contributed by atoms with Crippen LogP contribution in [0.1, 0.15) is 29.2 Å². The van der Waals surface area contributed by atoms with E-state index in [4.69, 9.17) is 4.74 Å². The summed E-state index contributed by atoms with van der Waals surface area (Å²) in [5.74, 6) is 0.271. The van der Waals surface area contributed by atoms with E-state index >= 15 is 0 Å². The van der Waals surface area contributed by atoms with Crippen LogP contribution in [0.3, 0.4) is 0 Å². The van der Waals surface area contributed by atoms with Gasteiger partial charge in [-0.05, 0) is 24.5 Å². The summed E-state index contributed by atoms with van der Waals surface area (Å²) in [6.45, 7) is 0.651. The van der Waals surface area contributed by atoms with Crippen molar-refractivity contribution in [3.8, 4) is 5.75 Å². The number of benzene rings is 1. The molecule has 1 atom stereocenters. The number of aliphatic hydroxyl groups excluding tert-OH is 1. The molecule has 0 saturated carbocycles. The summed E-state index contributed by atoms with van der Waals surface area (Å²) in [6, 6.07) is 6.98. The second-order valence-electron chi connectivity index (χ2n) is 4.63.